The van der Waals surface area contributed by atoms with Crippen LogP contribution in [-0.4, -0.2) is 36.4 Å². The van der Waals surface area contributed by atoms with E-state index in [1.165, 1.54) is 6.20 Å². The van der Waals surface area contributed by atoms with Crippen molar-refractivity contribution in [2.45, 2.75) is 0 Å². The fourth-order valence-electron chi connectivity index (χ4n) is 1.53. The summed E-state index contributed by atoms with van der Waals surface area (Å²) in [6.45, 7) is 0.884. The Bertz CT molecular complexity index is 572. The monoisotopic (exact) mass is 339 g/mol. The van der Waals surface area contributed by atoms with Gasteiger partial charge in [0.15, 0.2) is 0 Å². The van der Waals surface area contributed by atoms with E-state index in [2.05, 4.69) is 31.4 Å². The van der Waals surface area contributed by atoms with Crippen molar-refractivity contribution in [3.8, 4) is 5.75 Å². The van der Waals surface area contributed by atoms with Crippen LogP contribution in [0.25, 0.3) is 0 Å². The van der Waals surface area contributed by atoms with Crippen LogP contribution in [0.4, 0.5) is 5.69 Å². The summed E-state index contributed by atoms with van der Waals surface area (Å²) < 4.78 is 11.3. The first-order chi connectivity index (χ1) is 9.70. The van der Waals surface area contributed by atoms with E-state index in [-0.39, 0.29) is 5.91 Å². The molecule has 0 aliphatic carbocycles. The molecule has 0 atom stereocenters. The Kier molecular flexibility index (Phi) is 5.14. The van der Waals surface area contributed by atoms with Gasteiger partial charge in [0.1, 0.15) is 18.1 Å². The van der Waals surface area contributed by atoms with Gasteiger partial charge in [0, 0.05) is 17.8 Å². The molecular weight excluding hydrogens is 326 g/mol. The Hall–Kier alpha value is -1.86. The average Bonchev–Trinajstić information content (AvgIpc) is 2.95. The van der Waals surface area contributed by atoms with Gasteiger partial charge < -0.3 is 14.8 Å². The van der Waals surface area contributed by atoms with Gasteiger partial charge in [0.2, 0.25) is 0 Å². The van der Waals surface area contributed by atoms with Crippen molar-refractivity contribution in [1.82, 2.24) is 10.2 Å². The number of aromatic nitrogens is 2. The minimum absolute atomic E-state index is 0.280. The molecule has 0 aliphatic heterocycles. The number of amides is 1. The second-order valence-corrected chi connectivity index (χ2v) is 4.82. The number of ether oxygens (including phenoxy) is 2. The molecule has 7 heteroatoms. The number of hydrogen-bond donors (Lipinski definition) is 2. The molecule has 1 heterocycles. The minimum atomic E-state index is -0.280. The molecule has 1 aromatic carbocycles. The molecule has 0 bridgehead atoms. The molecule has 0 saturated heterocycles. The van der Waals surface area contributed by atoms with Crippen molar-refractivity contribution in [3.05, 3.63) is 40.6 Å². The predicted molar refractivity (Wildman–Crippen MR) is 78.1 cm³/mol. The van der Waals surface area contributed by atoms with Gasteiger partial charge in [-0.25, -0.2) is 0 Å². The number of carbonyl (C=O) groups is 1. The SMILES string of the molecule is COCCOc1ccc(Br)cc1NC(=O)c1ccn[nH]1. The van der Waals surface area contributed by atoms with Crippen LogP contribution < -0.4 is 10.1 Å². The van der Waals surface area contributed by atoms with Crippen LogP contribution in [0.3, 0.4) is 0 Å². The highest BCUT2D eigenvalue weighted by Crippen LogP contribution is 2.28. The van der Waals surface area contributed by atoms with E-state index in [9.17, 15) is 4.79 Å². The lowest BCUT2D eigenvalue weighted by molar-refractivity contribution is 0.102. The summed E-state index contributed by atoms with van der Waals surface area (Å²) in [5.74, 6) is 0.301. The smallest absolute Gasteiger partial charge is 0.273 e. The van der Waals surface area contributed by atoms with Crippen molar-refractivity contribution < 1.29 is 14.3 Å². The van der Waals surface area contributed by atoms with Gasteiger partial charge in [-0.15, -0.1) is 0 Å². The summed E-state index contributed by atoms with van der Waals surface area (Å²) in [6.07, 6.45) is 1.52. The van der Waals surface area contributed by atoms with Gasteiger partial charge in [-0.3, -0.25) is 9.89 Å². The van der Waals surface area contributed by atoms with Crippen LogP contribution in [0.15, 0.2) is 34.9 Å². The van der Waals surface area contributed by atoms with Crippen LogP contribution in [0.1, 0.15) is 10.5 Å². The standard InChI is InChI=1S/C13H14BrN3O3/c1-19-6-7-20-12-3-2-9(14)8-11(12)16-13(18)10-4-5-15-17-10/h2-5,8H,6-7H2,1H3,(H,15,17)(H,16,18). The number of carbonyl (C=O) groups excluding carboxylic acids is 1. The topological polar surface area (TPSA) is 76.2 Å². The maximum Gasteiger partial charge on any atom is 0.273 e. The Morgan fingerprint density at radius 2 is 2.25 bits per heavy atom. The van der Waals surface area contributed by atoms with Crippen molar-refractivity contribution >= 4 is 27.5 Å². The number of nitrogens with one attached hydrogen (secondary N) is 2. The van der Waals surface area contributed by atoms with Crippen molar-refractivity contribution in [2.75, 3.05) is 25.6 Å². The fourth-order valence-corrected chi connectivity index (χ4v) is 1.89. The zero-order chi connectivity index (χ0) is 14.4. The van der Waals surface area contributed by atoms with E-state index >= 15 is 0 Å². The third-order valence-corrected chi connectivity index (χ3v) is 2.97. The number of aromatic amines is 1. The van der Waals surface area contributed by atoms with Crippen LogP contribution in [0, 0.1) is 0 Å². The first-order valence-corrected chi connectivity index (χ1v) is 6.72. The Balaban J connectivity index is 2.12. The molecule has 20 heavy (non-hydrogen) atoms. The van der Waals surface area contributed by atoms with Crippen molar-refractivity contribution in [1.29, 1.82) is 0 Å². The zero-order valence-corrected chi connectivity index (χ0v) is 12.4. The molecular formula is C13H14BrN3O3. The molecule has 1 amide bonds. The largest absolute Gasteiger partial charge is 0.489 e. The third-order valence-electron chi connectivity index (χ3n) is 2.48. The van der Waals surface area contributed by atoms with E-state index in [4.69, 9.17) is 9.47 Å². The Morgan fingerprint density at radius 1 is 1.40 bits per heavy atom. The van der Waals surface area contributed by atoms with Crippen molar-refractivity contribution in [3.63, 3.8) is 0 Å². The summed E-state index contributed by atoms with van der Waals surface area (Å²) >= 11 is 3.37. The van der Waals surface area contributed by atoms with Gasteiger partial charge in [0.25, 0.3) is 5.91 Å². The molecule has 0 spiro atoms. The Morgan fingerprint density at radius 3 is 2.95 bits per heavy atom. The molecule has 0 aliphatic rings. The molecule has 0 radical (unpaired) electrons. The molecule has 0 saturated carbocycles. The molecule has 2 aromatic rings. The van der Waals surface area contributed by atoms with E-state index < -0.39 is 0 Å². The summed E-state index contributed by atoms with van der Waals surface area (Å²) in [5.41, 5.74) is 0.961. The summed E-state index contributed by atoms with van der Waals surface area (Å²) in [7, 11) is 1.60. The average molecular weight is 340 g/mol. The molecule has 106 valence electrons. The molecule has 0 unspecified atom stereocenters. The van der Waals surface area contributed by atoms with Crippen LogP contribution in [0.2, 0.25) is 0 Å². The highest BCUT2D eigenvalue weighted by atomic mass is 79.9. The number of H-pyrrole nitrogens is 1. The van der Waals surface area contributed by atoms with E-state index in [1.807, 2.05) is 6.07 Å². The van der Waals surface area contributed by atoms with Gasteiger partial charge in [0.05, 0.1) is 12.3 Å². The lowest BCUT2D eigenvalue weighted by atomic mass is 10.2. The first-order valence-electron chi connectivity index (χ1n) is 5.92. The number of halogens is 1. The molecule has 2 N–H and O–H groups in total. The van der Waals surface area contributed by atoms with Gasteiger partial charge >= 0.3 is 0 Å². The number of benzene rings is 1. The summed E-state index contributed by atoms with van der Waals surface area (Å²) in [6, 6.07) is 6.99. The lowest BCUT2D eigenvalue weighted by Crippen LogP contribution is -2.14. The number of methoxy groups -OCH3 is 1. The number of rotatable bonds is 6. The first kappa shape index (κ1) is 14.5. The van der Waals surface area contributed by atoms with Gasteiger partial charge in [-0.1, -0.05) is 15.9 Å². The van der Waals surface area contributed by atoms with Crippen molar-refractivity contribution in [2.24, 2.45) is 0 Å². The predicted octanol–water partition coefficient (Wildman–Crippen LogP) is 2.45. The number of nitrogens with zero attached hydrogens (tertiary/aromatic N) is 1. The maximum absolute atomic E-state index is 12.0. The van der Waals surface area contributed by atoms with Gasteiger partial charge in [-0.05, 0) is 24.3 Å². The molecule has 0 fully saturated rings. The van der Waals surface area contributed by atoms with Crippen LogP contribution in [0.5, 0.6) is 5.75 Å². The minimum Gasteiger partial charge on any atom is -0.489 e. The highest BCUT2D eigenvalue weighted by molar-refractivity contribution is 9.10. The highest BCUT2D eigenvalue weighted by Gasteiger charge is 2.11. The van der Waals surface area contributed by atoms with E-state index in [0.29, 0.717) is 30.3 Å². The number of hydrogen-bond acceptors (Lipinski definition) is 4. The second-order valence-electron chi connectivity index (χ2n) is 3.91. The Labute approximate surface area is 124 Å². The summed E-state index contributed by atoms with van der Waals surface area (Å²) in [5, 5.41) is 9.13. The van der Waals surface area contributed by atoms with E-state index in [1.54, 1.807) is 25.3 Å². The quantitative estimate of drug-likeness (QED) is 0.792. The van der Waals surface area contributed by atoms with E-state index in [0.717, 1.165) is 4.47 Å². The van der Waals surface area contributed by atoms with Crippen LogP contribution in [-0.2, 0) is 4.74 Å². The fraction of sp³-hybridized carbons (Fsp3) is 0.231. The lowest BCUT2D eigenvalue weighted by Gasteiger charge is -2.12. The van der Waals surface area contributed by atoms with Gasteiger partial charge in [-0.2, -0.15) is 5.10 Å². The zero-order valence-electron chi connectivity index (χ0n) is 10.9. The van der Waals surface area contributed by atoms with Crippen LogP contribution >= 0.6 is 15.9 Å². The normalized spacial score (nSPS) is 10.3. The molecule has 6 nitrogen and oxygen atoms in total. The third kappa shape index (κ3) is 3.82. The number of anilines is 1. The summed E-state index contributed by atoms with van der Waals surface area (Å²) in [4.78, 5) is 12.0. The maximum atomic E-state index is 12.0. The second kappa shape index (κ2) is 7.06. The molecule has 2 rings (SSSR count). The molecule has 1 aromatic heterocycles.